The van der Waals surface area contributed by atoms with E-state index in [1.54, 1.807) is 0 Å². The van der Waals surface area contributed by atoms with E-state index in [0.717, 1.165) is 11.2 Å². The molecule has 0 N–H and O–H groups in total. The zero-order valence-electron chi connectivity index (χ0n) is 12.0. The third kappa shape index (κ3) is 4.05. The van der Waals surface area contributed by atoms with Crippen molar-refractivity contribution in [3.63, 3.8) is 0 Å². The van der Waals surface area contributed by atoms with Crippen LogP contribution >= 0.6 is 11.8 Å². The van der Waals surface area contributed by atoms with Crippen LogP contribution in [0.1, 0.15) is 52.0 Å². The van der Waals surface area contributed by atoms with Gasteiger partial charge in [-0.1, -0.05) is 51.1 Å². The van der Waals surface area contributed by atoms with Crippen LogP contribution in [-0.2, 0) is 5.75 Å². The van der Waals surface area contributed by atoms with Crippen LogP contribution in [0.2, 0.25) is 0 Å². The molecular formula is C17H26S. The molecule has 0 amide bonds. The van der Waals surface area contributed by atoms with Gasteiger partial charge in [-0.3, -0.25) is 0 Å². The standard InChI is InChI=1S/C17H26S/c1-17(2,3)15-9-11-16(12-10-15)18-13-14-7-5-4-6-8-14/h4-8,15-16H,9-13H2,1-3H3. The number of thioether (sulfide) groups is 1. The molecule has 100 valence electrons. The molecule has 0 aromatic heterocycles. The smallest absolute Gasteiger partial charge is 0.0187 e. The van der Waals surface area contributed by atoms with E-state index in [1.165, 1.54) is 37.0 Å². The van der Waals surface area contributed by atoms with Gasteiger partial charge in [0.25, 0.3) is 0 Å². The van der Waals surface area contributed by atoms with Gasteiger partial charge in [-0.15, -0.1) is 0 Å². The molecule has 1 fully saturated rings. The summed E-state index contributed by atoms with van der Waals surface area (Å²) in [7, 11) is 0. The number of hydrogen-bond donors (Lipinski definition) is 0. The summed E-state index contributed by atoms with van der Waals surface area (Å²) in [6, 6.07) is 10.9. The van der Waals surface area contributed by atoms with Crippen molar-refractivity contribution in [3.8, 4) is 0 Å². The first kappa shape index (κ1) is 14.0. The summed E-state index contributed by atoms with van der Waals surface area (Å²) >= 11 is 2.16. The minimum Gasteiger partial charge on any atom is -0.154 e. The predicted octanol–water partition coefficient (Wildman–Crippen LogP) is 5.52. The molecule has 0 aliphatic heterocycles. The fraction of sp³-hybridized carbons (Fsp3) is 0.647. The lowest BCUT2D eigenvalue weighted by Gasteiger charge is -2.36. The lowest BCUT2D eigenvalue weighted by Crippen LogP contribution is -2.26. The Hall–Kier alpha value is -0.430. The van der Waals surface area contributed by atoms with E-state index in [9.17, 15) is 0 Å². The van der Waals surface area contributed by atoms with Crippen molar-refractivity contribution < 1.29 is 0 Å². The van der Waals surface area contributed by atoms with Crippen molar-refractivity contribution in [2.45, 2.75) is 57.5 Å². The second kappa shape index (κ2) is 6.14. The molecule has 0 unspecified atom stereocenters. The van der Waals surface area contributed by atoms with E-state index in [0.29, 0.717) is 5.41 Å². The lowest BCUT2D eigenvalue weighted by molar-refractivity contribution is 0.182. The van der Waals surface area contributed by atoms with Crippen molar-refractivity contribution in [1.82, 2.24) is 0 Å². The van der Waals surface area contributed by atoms with Crippen molar-refractivity contribution in [1.29, 1.82) is 0 Å². The van der Waals surface area contributed by atoms with Crippen molar-refractivity contribution in [3.05, 3.63) is 35.9 Å². The zero-order chi connectivity index (χ0) is 13.0. The zero-order valence-corrected chi connectivity index (χ0v) is 12.8. The lowest BCUT2D eigenvalue weighted by atomic mass is 9.72. The molecule has 0 spiro atoms. The topological polar surface area (TPSA) is 0 Å². The summed E-state index contributed by atoms with van der Waals surface area (Å²) in [4.78, 5) is 0. The maximum Gasteiger partial charge on any atom is 0.0187 e. The van der Waals surface area contributed by atoms with Gasteiger partial charge in [-0.05, 0) is 42.6 Å². The normalized spacial score (nSPS) is 25.1. The fourth-order valence-electron chi connectivity index (χ4n) is 2.88. The molecule has 1 heteroatoms. The number of hydrogen-bond acceptors (Lipinski definition) is 1. The molecule has 1 aromatic carbocycles. The maximum absolute atomic E-state index is 2.40. The Morgan fingerprint density at radius 1 is 1.00 bits per heavy atom. The average Bonchev–Trinajstić information content (AvgIpc) is 2.37. The summed E-state index contributed by atoms with van der Waals surface area (Å²) in [5, 5.41) is 0.892. The fourth-order valence-corrected chi connectivity index (χ4v) is 4.11. The summed E-state index contributed by atoms with van der Waals surface area (Å²) in [5.41, 5.74) is 1.98. The molecule has 1 aliphatic carbocycles. The molecule has 1 saturated carbocycles. The highest BCUT2D eigenvalue weighted by molar-refractivity contribution is 7.99. The van der Waals surface area contributed by atoms with E-state index in [4.69, 9.17) is 0 Å². The van der Waals surface area contributed by atoms with E-state index < -0.39 is 0 Å². The van der Waals surface area contributed by atoms with Gasteiger partial charge in [-0.25, -0.2) is 0 Å². The van der Waals surface area contributed by atoms with E-state index in [2.05, 4.69) is 62.9 Å². The minimum absolute atomic E-state index is 0.509. The Balaban J connectivity index is 1.74. The molecule has 0 nitrogen and oxygen atoms in total. The first-order chi connectivity index (χ1) is 8.55. The van der Waals surface area contributed by atoms with Crippen LogP contribution in [0.25, 0.3) is 0 Å². The summed E-state index contributed by atoms with van der Waals surface area (Å²) in [6.07, 6.45) is 5.69. The molecule has 2 rings (SSSR count). The molecule has 18 heavy (non-hydrogen) atoms. The molecule has 1 aliphatic rings. The first-order valence-corrected chi connectivity index (χ1v) is 8.26. The maximum atomic E-state index is 2.40. The van der Waals surface area contributed by atoms with Crippen LogP contribution in [0.15, 0.2) is 30.3 Å². The number of rotatable bonds is 3. The average molecular weight is 262 g/mol. The first-order valence-electron chi connectivity index (χ1n) is 7.21. The Morgan fingerprint density at radius 3 is 2.17 bits per heavy atom. The van der Waals surface area contributed by atoms with Gasteiger partial charge in [0, 0.05) is 11.0 Å². The van der Waals surface area contributed by atoms with Gasteiger partial charge in [0.15, 0.2) is 0 Å². The minimum atomic E-state index is 0.509. The molecule has 0 saturated heterocycles. The molecule has 0 atom stereocenters. The highest BCUT2D eigenvalue weighted by Crippen LogP contribution is 2.41. The monoisotopic (exact) mass is 262 g/mol. The third-order valence-corrected chi connectivity index (χ3v) is 5.67. The van der Waals surface area contributed by atoms with Crippen molar-refractivity contribution >= 4 is 11.8 Å². The van der Waals surface area contributed by atoms with E-state index in [-0.39, 0.29) is 0 Å². The van der Waals surface area contributed by atoms with Crippen LogP contribution in [0.3, 0.4) is 0 Å². The van der Waals surface area contributed by atoms with Gasteiger partial charge in [0.05, 0.1) is 0 Å². The molecule has 0 heterocycles. The Bertz CT molecular complexity index is 342. The molecule has 0 radical (unpaired) electrons. The predicted molar refractivity (Wildman–Crippen MR) is 82.9 cm³/mol. The molecular weight excluding hydrogens is 236 g/mol. The second-order valence-electron chi connectivity index (χ2n) is 6.64. The van der Waals surface area contributed by atoms with Crippen molar-refractivity contribution in [2.75, 3.05) is 0 Å². The molecule has 0 bridgehead atoms. The highest BCUT2D eigenvalue weighted by atomic mass is 32.2. The second-order valence-corrected chi connectivity index (χ2v) is 7.92. The SMILES string of the molecule is CC(C)(C)C1CCC(SCc2ccccc2)CC1. The van der Waals surface area contributed by atoms with E-state index in [1.807, 2.05) is 0 Å². The highest BCUT2D eigenvalue weighted by Gasteiger charge is 2.29. The molecule has 1 aromatic rings. The van der Waals surface area contributed by atoms with Gasteiger partial charge in [0.2, 0.25) is 0 Å². The van der Waals surface area contributed by atoms with Crippen LogP contribution in [0.5, 0.6) is 0 Å². The van der Waals surface area contributed by atoms with Crippen molar-refractivity contribution in [2.24, 2.45) is 11.3 Å². The largest absolute Gasteiger partial charge is 0.154 e. The summed E-state index contributed by atoms with van der Waals surface area (Å²) in [6.45, 7) is 7.19. The summed E-state index contributed by atoms with van der Waals surface area (Å²) < 4.78 is 0. The van der Waals surface area contributed by atoms with Gasteiger partial charge < -0.3 is 0 Å². The van der Waals surface area contributed by atoms with Crippen LogP contribution in [0, 0.1) is 11.3 Å². The van der Waals surface area contributed by atoms with Crippen LogP contribution in [0.4, 0.5) is 0 Å². The quantitative estimate of drug-likeness (QED) is 0.690. The third-order valence-electron chi connectivity index (χ3n) is 4.23. The van der Waals surface area contributed by atoms with Crippen LogP contribution in [-0.4, -0.2) is 5.25 Å². The van der Waals surface area contributed by atoms with E-state index >= 15 is 0 Å². The Labute approximate surface area is 117 Å². The van der Waals surface area contributed by atoms with Gasteiger partial charge in [0.1, 0.15) is 0 Å². The Kier molecular flexibility index (Phi) is 4.77. The summed E-state index contributed by atoms with van der Waals surface area (Å²) in [5.74, 6) is 2.12. The van der Waals surface area contributed by atoms with Gasteiger partial charge >= 0.3 is 0 Å². The van der Waals surface area contributed by atoms with Crippen LogP contribution < -0.4 is 0 Å². The Morgan fingerprint density at radius 2 is 1.61 bits per heavy atom. The van der Waals surface area contributed by atoms with Gasteiger partial charge in [-0.2, -0.15) is 11.8 Å². The number of benzene rings is 1.